The van der Waals surface area contributed by atoms with Crippen LogP contribution in [0.2, 0.25) is 0 Å². The van der Waals surface area contributed by atoms with E-state index in [2.05, 4.69) is 10.3 Å². The Morgan fingerprint density at radius 1 is 1.14 bits per heavy atom. The van der Waals surface area contributed by atoms with Crippen LogP contribution in [-0.4, -0.2) is 11.2 Å². The van der Waals surface area contributed by atoms with Crippen LogP contribution in [0, 0.1) is 11.3 Å². The molecule has 0 aliphatic rings. The highest BCUT2D eigenvalue weighted by Crippen LogP contribution is 2.30. The Hall–Kier alpha value is -2.20. The Balaban J connectivity index is 2.35. The van der Waals surface area contributed by atoms with Crippen molar-refractivity contribution in [3.8, 4) is 6.07 Å². The second kappa shape index (κ2) is 6.06. The van der Waals surface area contributed by atoms with Crippen LogP contribution >= 0.6 is 11.8 Å². The van der Waals surface area contributed by atoms with E-state index in [0.29, 0.717) is 5.69 Å². The number of hydrogen-bond donors (Lipinski definition) is 1. The SMILES string of the molecule is CSc1ccc(Nc2nc(C(F)(F)F)ccc2C#N)cc1. The lowest BCUT2D eigenvalue weighted by Crippen LogP contribution is -2.10. The molecule has 0 saturated heterocycles. The Kier molecular flexibility index (Phi) is 4.38. The third-order valence-corrected chi connectivity index (χ3v) is 3.40. The van der Waals surface area contributed by atoms with Crippen molar-refractivity contribution in [2.24, 2.45) is 0 Å². The Labute approximate surface area is 123 Å². The predicted molar refractivity (Wildman–Crippen MR) is 75.5 cm³/mol. The molecule has 0 spiro atoms. The number of rotatable bonds is 3. The molecule has 0 aliphatic heterocycles. The summed E-state index contributed by atoms with van der Waals surface area (Å²) in [6.07, 6.45) is -2.63. The van der Waals surface area contributed by atoms with E-state index in [9.17, 15) is 13.2 Å². The molecule has 2 aromatic rings. The number of pyridine rings is 1. The summed E-state index contributed by atoms with van der Waals surface area (Å²) in [6, 6.07) is 10.8. The molecule has 0 atom stereocenters. The van der Waals surface area contributed by atoms with E-state index in [1.165, 1.54) is 0 Å². The van der Waals surface area contributed by atoms with Crippen LogP contribution in [0.15, 0.2) is 41.3 Å². The Morgan fingerprint density at radius 2 is 1.81 bits per heavy atom. The summed E-state index contributed by atoms with van der Waals surface area (Å²) in [5, 5.41) is 11.7. The smallest absolute Gasteiger partial charge is 0.339 e. The van der Waals surface area contributed by atoms with Gasteiger partial charge in [-0.05, 0) is 42.7 Å². The molecule has 1 N–H and O–H groups in total. The van der Waals surface area contributed by atoms with Gasteiger partial charge in [-0.25, -0.2) is 4.98 Å². The van der Waals surface area contributed by atoms with Crippen molar-refractivity contribution in [1.82, 2.24) is 4.98 Å². The van der Waals surface area contributed by atoms with Gasteiger partial charge in [-0.2, -0.15) is 18.4 Å². The molecule has 0 bridgehead atoms. The monoisotopic (exact) mass is 309 g/mol. The first-order chi connectivity index (χ1) is 9.94. The maximum absolute atomic E-state index is 12.7. The number of alkyl halides is 3. The first-order valence-corrected chi connectivity index (χ1v) is 7.06. The highest BCUT2D eigenvalue weighted by Gasteiger charge is 2.33. The van der Waals surface area contributed by atoms with Gasteiger partial charge in [-0.15, -0.1) is 11.8 Å². The fourth-order valence-corrected chi connectivity index (χ4v) is 2.02. The zero-order chi connectivity index (χ0) is 15.5. The zero-order valence-electron chi connectivity index (χ0n) is 10.9. The van der Waals surface area contributed by atoms with E-state index in [4.69, 9.17) is 5.26 Å². The lowest BCUT2D eigenvalue weighted by atomic mass is 10.2. The molecule has 3 nitrogen and oxygen atoms in total. The van der Waals surface area contributed by atoms with Crippen molar-refractivity contribution in [2.75, 3.05) is 11.6 Å². The van der Waals surface area contributed by atoms with Gasteiger partial charge < -0.3 is 5.32 Å². The second-order valence-corrected chi connectivity index (χ2v) is 4.94. The standard InChI is InChI=1S/C14H10F3N3S/c1-21-11-5-3-10(4-6-11)19-13-9(8-18)2-7-12(20-13)14(15,16)17/h2-7H,1H3,(H,19,20). The summed E-state index contributed by atoms with van der Waals surface area (Å²) in [5.41, 5.74) is -0.419. The summed E-state index contributed by atoms with van der Waals surface area (Å²) in [6.45, 7) is 0. The number of aromatic nitrogens is 1. The van der Waals surface area contributed by atoms with Gasteiger partial charge in [-0.3, -0.25) is 0 Å². The first kappa shape index (κ1) is 15.2. The molecule has 21 heavy (non-hydrogen) atoms. The predicted octanol–water partition coefficient (Wildman–Crippen LogP) is 4.44. The zero-order valence-corrected chi connectivity index (χ0v) is 11.7. The summed E-state index contributed by atoms with van der Waals surface area (Å²) >= 11 is 1.55. The van der Waals surface area contributed by atoms with E-state index in [1.54, 1.807) is 23.9 Å². The minimum atomic E-state index is -4.55. The molecular formula is C14H10F3N3S. The van der Waals surface area contributed by atoms with Crippen molar-refractivity contribution >= 4 is 23.3 Å². The first-order valence-electron chi connectivity index (χ1n) is 5.83. The van der Waals surface area contributed by atoms with E-state index >= 15 is 0 Å². The maximum atomic E-state index is 12.7. The van der Waals surface area contributed by atoms with Crippen LogP contribution in [0.25, 0.3) is 0 Å². The maximum Gasteiger partial charge on any atom is 0.433 e. The topological polar surface area (TPSA) is 48.7 Å². The fourth-order valence-electron chi connectivity index (χ4n) is 1.61. The van der Waals surface area contributed by atoms with Crippen molar-refractivity contribution in [2.45, 2.75) is 11.1 Å². The van der Waals surface area contributed by atoms with E-state index in [0.717, 1.165) is 17.0 Å². The number of hydrogen-bond acceptors (Lipinski definition) is 4. The molecule has 0 amide bonds. The van der Waals surface area contributed by atoms with Gasteiger partial charge in [0.15, 0.2) is 0 Å². The molecule has 108 valence electrons. The molecule has 1 heterocycles. The van der Waals surface area contributed by atoms with Crippen molar-refractivity contribution < 1.29 is 13.2 Å². The minimum absolute atomic E-state index is 0.0527. The second-order valence-electron chi connectivity index (χ2n) is 4.06. The van der Waals surface area contributed by atoms with Crippen LogP contribution in [0.3, 0.4) is 0 Å². The normalized spacial score (nSPS) is 11.0. The Bertz CT molecular complexity index is 675. The molecule has 0 aliphatic carbocycles. The van der Waals surface area contributed by atoms with Crippen LogP contribution in [0.1, 0.15) is 11.3 Å². The number of halogens is 3. The van der Waals surface area contributed by atoms with Crippen LogP contribution in [-0.2, 0) is 6.18 Å². The number of anilines is 2. The van der Waals surface area contributed by atoms with Gasteiger partial charge in [-0.1, -0.05) is 0 Å². The number of benzene rings is 1. The molecule has 1 aromatic heterocycles. The Morgan fingerprint density at radius 3 is 2.33 bits per heavy atom. The van der Waals surface area contributed by atoms with Gasteiger partial charge in [0.2, 0.25) is 0 Å². The quantitative estimate of drug-likeness (QED) is 0.852. The van der Waals surface area contributed by atoms with Gasteiger partial charge in [0.1, 0.15) is 17.6 Å². The van der Waals surface area contributed by atoms with Crippen LogP contribution < -0.4 is 5.32 Å². The van der Waals surface area contributed by atoms with Gasteiger partial charge >= 0.3 is 6.18 Å². The molecule has 0 radical (unpaired) electrons. The summed E-state index contributed by atoms with van der Waals surface area (Å²) in [5.74, 6) is -0.107. The lowest BCUT2D eigenvalue weighted by molar-refractivity contribution is -0.141. The molecule has 0 fully saturated rings. The van der Waals surface area contributed by atoms with Crippen LogP contribution in [0.4, 0.5) is 24.7 Å². The largest absolute Gasteiger partial charge is 0.433 e. The lowest BCUT2D eigenvalue weighted by Gasteiger charge is -2.11. The molecule has 7 heteroatoms. The molecule has 1 aromatic carbocycles. The van der Waals surface area contributed by atoms with E-state index in [-0.39, 0.29) is 11.4 Å². The van der Waals surface area contributed by atoms with E-state index < -0.39 is 11.9 Å². The average Bonchev–Trinajstić information content (AvgIpc) is 2.47. The van der Waals surface area contributed by atoms with Gasteiger partial charge in [0.25, 0.3) is 0 Å². The summed E-state index contributed by atoms with van der Waals surface area (Å²) in [7, 11) is 0. The van der Waals surface area contributed by atoms with Gasteiger partial charge in [0.05, 0.1) is 5.56 Å². The molecule has 2 rings (SSSR count). The van der Waals surface area contributed by atoms with Gasteiger partial charge in [0, 0.05) is 10.6 Å². The third kappa shape index (κ3) is 3.67. The van der Waals surface area contributed by atoms with Crippen LogP contribution in [0.5, 0.6) is 0 Å². The number of nitrogens with one attached hydrogen (secondary N) is 1. The van der Waals surface area contributed by atoms with Crippen molar-refractivity contribution in [3.63, 3.8) is 0 Å². The number of nitriles is 1. The summed E-state index contributed by atoms with van der Waals surface area (Å²) < 4.78 is 38.0. The minimum Gasteiger partial charge on any atom is -0.339 e. The molecular weight excluding hydrogens is 299 g/mol. The molecule has 0 unspecified atom stereocenters. The number of thioether (sulfide) groups is 1. The highest BCUT2D eigenvalue weighted by atomic mass is 32.2. The third-order valence-electron chi connectivity index (χ3n) is 2.66. The van der Waals surface area contributed by atoms with Crippen molar-refractivity contribution in [1.29, 1.82) is 5.26 Å². The number of nitrogens with zero attached hydrogens (tertiary/aromatic N) is 2. The molecule has 0 saturated carbocycles. The average molecular weight is 309 g/mol. The fraction of sp³-hybridized carbons (Fsp3) is 0.143. The van der Waals surface area contributed by atoms with E-state index in [1.807, 2.05) is 24.5 Å². The highest BCUT2D eigenvalue weighted by molar-refractivity contribution is 7.98. The van der Waals surface area contributed by atoms with Crippen molar-refractivity contribution in [3.05, 3.63) is 47.7 Å². The summed E-state index contributed by atoms with van der Waals surface area (Å²) in [4.78, 5) is 4.51.